The Morgan fingerprint density at radius 2 is 1.74 bits per heavy atom. The minimum Gasteiger partial charge on any atom is -0.462 e. The fourth-order valence-electron chi connectivity index (χ4n) is 3.26. The van der Waals surface area contributed by atoms with Crippen LogP contribution in [-0.4, -0.2) is 12.3 Å². The summed E-state index contributed by atoms with van der Waals surface area (Å²) in [6.45, 7) is 2.06. The van der Waals surface area contributed by atoms with Gasteiger partial charge < -0.3 is 9.47 Å². The Labute approximate surface area is 154 Å². The standard InChI is InChI=1S/C19H22F6O2/c1-2-3-13-4-6-14(7-5-13)19(24,25)27-15-8-9-17(16(20)12-15)26-11-10-18(21,22)23/h8-14H,2-7H2,1H3/b11-10+. The lowest BCUT2D eigenvalue weighted by Gasteiger charge is -2.33. The van der Waals surface area contributed by atoms with Crippen molar-refractivity contribution in [1.29, 1.82) is 0 Å². The van der Waals surface area contributed by atoms with Crippen molar-refractivity contribution in [1.82, 2.24) is 0 Å². The van der Waals surface area contributed by atoms with E-state index in [1.54, 1.807) is 0 Å². The molecule has 0 saturated heterocycles. The molecule has 0 amide bonds. The molecule has 1 aromatic carbocycles. The maximum Gasteiger partial charge on any atom is 0.412 e. The molecular formula is C19H22F6O2. The number of ether oxygens (including phenoxy) is 2. The lowest BCUT2D eigenvalue weighted by atomic mass is 9.79. The lowest BCUT2D eigenvalue weighted by molar-refractivity contribution is -0.223. The fraction of sp³-hybridized carbons (Fsp3) is 0.579. The number of allylic oxidation sites excluding steroid dienone is 1. The third kappa shape index (κ3) is 6.66. The van der Waals surface area contributed by atoms with Gasteiger partial charge in [-0.1, -0.05) is 19.8 Å². The molecule has 0 spiro atoms. The Balaban J connectivity index is 1.96. The molecule has 2 rings (SSSR count). The Bertz CT molecular complexity index is 634. The molecular weight excluding hydrogens is 374 g/mol. The average Bonchev–Trinajstić information content (AvgIpc) is 2.56. The molecule has 0 N–H and O–H groups in total. The van der Waals surface area contributed by atoms with Gasteiger partial charge in [0.25, 0.3) is 0 Å². The van der Waals surface area contributed by atoms with Crippen LogP contribution in [0.2, 0.25) is 0 Å². The Morgan fingerprint density at radius 3 is 2.30 bits per heavy atom. The normalized spacial score (nSPS) is 21.4. The van der Waals surface area contributed by atoms with Crippen molar-refractivity contribution in [3.63, 3.8) is 0 Å². The predicted molar refractivity (Wildman–Crippen MR) is 88.2 cm³/mol. The molecule has 1 saturated carbocycles. The first-order valence-corrected chi connectivity index (χ1v) is 8.88. The van der Waals surface area contributed by atoms with Gasteiger partial charge in [0.1, 0.15) is 5.75 Å². The molecule has 0 unspecified atom stereocenters. The molecule has 0 atom stereocenters. The van der Waals surface area contributed by atoms with Crippen LogP contribution in [0.3, 0.4) is 0 Å². The highest BCUT2D eigenvalue weighted by molar-refractivity contribution is 5.33. The molecule has 0 radical (unpaired) electrons. The molecule has 1 aliphatic rings. The van der Waals surface area contributed by atoms with E-state index in [1.807, 2.05) is 0 Å². The van der Waals surface area contributed by atoms with Crippen LogP contribution in [-0.2, 0) is 0 Å². The van der Waals surface area contributed by atoms with E-state index in [9.17, 15) is 26.3 Å². The summed E-state index contributed by atoms with van der Waals surface area (Å²) >= 11 is 0. The van der Waals surface area contributed by atoms with Crippen LogP contribution in [0, 0.1) is 17.7 Å². The smallest absolute Gasteiger partial charge is 0.412 e. The van der Waals surface area contributed by atoms with Crippen molar-refractivity contribution >= 4 is 0 Å². The van der Waals surface area contributed by atoms with Gasteiger partial charge in [-0.3, -0.25) is 0 Å². The minimum atomic E-state index is -4.60. The van der Waals surface area contributed by atoms with Crippen molar-refractivity contribution in [3.05, 3.63) is 36.4 Å². The SMILES string of the molecule is CCCC1CCC(C(F)(F)Oc2ccc(O/C=C/C(F)(F)F)c(F)c2)CC1. The van der Waals surface area contributed by atoms with E-state index in [0.29, 0.717) is 37.7 Å². The van der Waals surface area contributed by atoms with Crippen LogP contribution >= 0.6 is 0 Å². The highest BCUT2D eigenvalue weighted by Gasteiger charge is 2.43. The number of hydrogen-bond donors (Lipinski definition) is 0. The van der Waals surface area contributed by atoms with E-state index >= 15 is 0 Å². The molecule has 0 aromatic heterocycles. The maximum atomic E-state index is 14.4. The zero-order chi connectivity index (χ0) is 20.1. The summed E-state index contributed by atoms with van der Waals surface area (Å²) in [4.78, 5) is 0. The van der Waals surface area contributed by atoms with Crippen molar-refractivity contribution < 1.29 is 35.8 Å². The van der Waals surface area contributed by atoms with Gasteiger partial charge in [-0.15, -0.1) is 0 Å². The second kappa shape index (κ2) is 8.89. The van der Waals surface area contributed by atoms with Crippen LogP contribution in [0.4, 0.5) is 26.3 Å². The summed E-state index contributed by atoms with van der Waals surface area (Å²) < 4.78 is 87.8. The topological polar surface area (TPSA) is 18.5 Å². The summed E-state index contributed by atoms with van der Waals surface area (Å²) in [5.74, 6) is -2.51. The van der Waals surface area contributed by atoms with Gasteiger partial charge in [-0.2, -0.15) is 22.0 Å². The summed E-state index contributed by atoms with van der Waals surface area (Å²) in [5.41, 5.74) is 0. The Morgan fingerprint density at radius 1 is 1.07 bits per heavy atom. The highest BCUT2D eigenvalue weighted by Crippen LogP contribution is 2.41. The predicted octanol–water partition coefficient (Wildman–Crippen LogP) is 6.86. The number of hydrogen-bond acceptors (Lipinski definition) is 2. The summed E-state index contributed by atoms with van der Waals surface area (Å²) in [5, 5.41) is 0. The first-order valence-electron chi connectivity index (χ1n) is 8.88. The van der Waals surface area contributed by atoms with Gasteiger partial charge in [-0.25, -0.2) is 4.39 Å². The second-order valence-electron chi connectivity index (χ2n) is 6.72. The third-order valence-electron chi connectivity index (χ3n) is 4.63. The molecule has 0 aliphatic heterocycles. The Kier molecular flexibility index (Phi) is 7.06. The molecule has 152 valence electrons. The van der Waals surface area contributed by atoms with Crippen LogP contribution in [0.1, 0.15) is 45.4 Å². The molecule has 0 bridgehead atoms. The zero-order valence-corrected chi connectivity index (χ0v) is 14.9. The number of rotatable bonds is 7. The Hall–Kier alpha value is -1.86. The van der Waals surface area contributed by atoms with Crippen LogP contribution in [0.5, 0.6) is 11.5 Å². The maximum absolute atomic E-state index is 14.4. The van der Waals surface area contributed by atoms with Crippen LogP contribution < -0.4 is 9.47 Å². The van der Waals surface area contributed by atoms with Gasteiger partial charge >= 0.3 is 12.3 Å². The average molecular weight is 396 g/mol. The van der Waals surface area contributed by atoms with Crippen molar-refractivity contribution in [2.24, 2.45) is 11.8 Å². The monoisotopic (exact) mass is 396 g/mol. The summed E-state index contributed by atoms with van der Waals surface area (Å²) in [7, 11) is 0. The molecule has 8 heteroatoms. The third-order valence-corrected chi connectivity index (χ3v) is 4.63. The van der Waals surface area contributed by atoms with E-state index in [2.05, 4.69) is 11.7 Å². The molecule has 27 heavy (non-hydrogen) atoms. The van der Waals surface area contributed by atoms with Gasteiger partial charge in [0.2, 0.25) is 0 Å². The van der Waals surface area contributed by atoms with Crippen LogP contribution in [0.25, 0.3) is 0 Å². The summed E-state index contributed by atoms with van der Waals surface area (Å²) in [6.07, 6.45) is -3.83. The molecule has 1 aliphatic carbocycles. The first-order chi connectivity index (χ1) is 12.6. The van der Waals surface area contributed by atoms with E-state index < -0.39 is 35.5 Å². The van der Waals surface area contributed by atoms with Crippen molar-refractivity contribution in [2.45, 2.75) is 57.7 Å². The zero-order valence-electron chi connectivity index (χ0n) is 14.9. The van der Waals surface area contributed by atoms with Gasteiger partial charge in [0.05, 0.1) is 18.3 Å². The minimum absolute atomic E-state index is 0.208. The van der Waals surface area contributed by atoms with Gasteiger partial charge in [0, 0.05) is 6.07 Å². The number of halogens is 6. The quantitative estimate of drug-likeness (QED) is 0.370. The molecule has 1 aromatic rings. The van der Waals surface area contributed by atoms with Gasteiger partial charge in [0.15, 0.2) is 11.6 Å². The largest absolute Gasteiger partial charge is 0.462 e. The fourth-order valence-corrected chi connectivity index (χ4v) is 3.26. The lowest BCUT2D eigenvalue weighted by Crippen LogP contribution is -2.37. The second-order valence-corrected chi connectivity index (χ2v) is 6.72. The first kappa shape index (κ1) is 21.4. The van der Waals surface area contributed by atoms with Gasteiger partial charge in [-0.05, 0) is 43.7 Å². The summed E-state index contributed by atoms with van der Waals surface area (Å²) in [6, 6.07) is 2.66. The van der Waals surface area contributed by atoms with Crippen molar-refractivity contribution in [2.75, 3.05) is 0 Å². The molecule has 2 nitrogen and oxygen atoms in total. The van der Waals surface area contributed by atoms with Crippen molar-refractivity contribution in [3.8, 4) is 11.5 Å². The number of benzene rings is 1. The van der Waals surface area contributed by atoms with E-state index in [-0.39, 0.29) is 12.3 Å². The highest BCUT2D eigenvalue weighted by atomic mass is 19.4. The van der Waals surface area contributed by atoms with E-state index in [1.165, 1.54) is 0 Å². The van der Waals surface area contributed by atoms with E-state index in [4.69, 9.17) is 4.74 Å². The molecule has 1 fully saturated rings. The number of alkyl halides is 5. The van der Waals surface area contributed by atoms with Crippen LogP contribution in [0.15, 0.2) is 30.5 Å². The molecule has 0 heterocycles. The van der Waals surface area contributed by atoms with E-state index in [0.717, 1.165) is 25.0 Å².